The van der Waals surface area contributed by atoms with Gasteiger partial charge in [0.2, 0.25) is 10.0 Å². The van der Waals surface area contributed by atoms with Crippen LogP contribution in [0.2, 0.25) is 0 Å². The van der Waals surface area contributed by atoms with Crippen molar-refractivity contribution in [1.29, 1.82) is 0 Å². The van der Waals surface area contributed by atoms with Crippen LogP contribution in [0, 0.1) is 11.2 Å². The molecule has 1 unspecified atom stereocenters. The Morgan fingerprint density at radius 2 is 1.79 bits per heavy atom. The molecule has 1 atom stereocenters. The van der Waals surface area contributed by atoms with Gasteiger partial charge in [0.25, 0.3) is 0 Å². The molecule has 0 aliphatic carbocycles. The Hall–Kier alpha value is -0.730. The van der Waals surface area contributed by atoms with Gasteiger partial charge in [0, 0.05) is 39.3 Å². The number of rotatable bonds is 4. The van der Waals surface area contributed by atoms with E-state index in [2.05, 4.69) is 17.1 Å². The van der Waals surface area contributed by atoms with Crippen LogP contribution in [0.25, 0.3) is 0 Å². The third-order valence-electron chi connectivity index (χ3n) is 4.85. The van der Waals surface area contributed by atoms with E-state index in [1.807, 2.05) is 0 Å². The molecule has 0 saturated carbocycles. The number of nitrogens with zero attached hydrogens (tertiary/aromatic N) is 2. The average molecular weight is 378 g/mol. The summed E-state index contributed by atoms with van der Waals surface area (Å²) in [4.78, 5) is 2.52. The number of piperazine rings is 1. The van der Waals surface area contributed by atoms with Crippen molar-refractivity contribution < 1.29 is 12.8 Å². The predicted octanol–water partition coefficient (Wildman–Crippen LogP) is 1.55. The number of sulfonamides is 1. The summed E-state index contributed by atoms with van der Waals surface area (Å²) in [6.45, 7) is 7.86. The molecular weight excluding hydrogens is 353 g/mol. The van der Waals surface area contributed by atoms with E-state index < -0.39 is 15.8 Å². The standard InChI is InChI=1S/C16H24FN3O2S.ClH/c1-16(6-7-18-12-16)13-19-8-10-20(11-9-19)23(21,22)15-4-2-14(17)3-5-15;/h2-5,18H,6-13H2,1H3;1H. The molecule has 0 radical (unpaired) electrons. The van der Waals surface area contributed by atoms with Gasteiger partial charge in [0.15, 0.2) is 0 Å². The molecule has 2 saturated heterocycles. The van der Waals surface area contributed by atoms with E-state index in [0.29, 0.717) is 13.1 Å². The van der Waals surface area contributed by atoms with Crippen LogP contribution in [0.4, 0.5) is 4.39 Å². The first kappa shape index (κ1) is 19.6. The highest BCUT2D eigenvalue weighted by atomic mass is 35.5. The predicted molar refractivity (Wildman–Crippen MR) is 94.4 cm³/mol. The maximum absolute atomic E-state index is 13.0. The zero-order chi connectivity index (χ0) is 16.5. The van der Waals surface area contributed by atoms with Gasteiger partial charge in [-0.15, -0.1) is 12.4 Å². The minimum Gasteiger partial charge on any atom is -0.316 e. The van der Waals surface area contributed by atoms with E-state index in [0.717, 1.165) is 32.7 Å². The number of benzene rings is 1. The average Bonchev–Trinajstić information content (AvgIpc) is 2.94. The molecule has 0 bridgehead atoms. The smallest absolute Gasteiger partial charge is 0.243 e. The molecule has 2 heterocycles. The molecule has 2 aliphatic heterocycles. The van der Waals surface area contributed by atoms with E-state index in [4.69, 9.17) is 0 Å². The van der Waals surface area contributed by atoms with Gasteiger partial charge >= 0.3 is 0 Å². The largest absolute Gasteiger partial charge is 0.316 e. The van der Waals surface area contributed by atoms with Crippen LogP contribution in [0.5, 0.6) is 0 Å². The molecule has 1 N–H and O–H groups in total. The molecule has 8 heteroatoms. The number of hydrogen-bond acceptors (Lipinski definition) is 4. The Kier molecular flexibility index (Phi) is 6.25. The van der Waals surface area contributed by atoms with Crippen molar-refractivity contribution in [2.75, 3.05) is 45.8 Å². The number of hydrogen-bond donors (Lipinski definition) is 1. The zero-order valence-corrected chi connectivity index (χ0v) is 15.5. The maximum atomic E-state index is 13.0. The van der Waals surface area contributed by atoms with Crippen molar-refractivity contribution in [3.05, 3.63) is 30.1 Å². The topological polar surface area (TPSA) is 52.7 Å². The van der Waals surface area contributed by atoms with Crippen molar-refractivity contribution in [2.45, 2.75) is 18.2 Å². The molecule has 3 rings (SSSR count). The van der Waals surface area contributed by atoms with Gasteiger partial charge in [-0.1, -0.05) is 6.92 Å². The molecule has 0 amide bonds. The summed E-state index contributed by atoms with van der Waals surface area (Å²) in [6.07, 6.45) is 1.17. The van der Waals surface area contributed by atoms with Crippen LogP contribution in [0.15, 0.2) is 29.2 Å². The summed E-state index contributed by atoms with van der Waals surface area (Å²) in [5, 5.41) is 3.40. The summed E-state index contributed by atoms with van der Waals surface area (Å²) in [7, 11) is -3.52. The molecule has 1 aromatic carbocycles. The highest BCUT2D eigenvalue weighted by Gasteiger charge is 2.34. The monoisotopic (exact) mass is 377 g/mol. The van der Waals surface area contributed by atoms with Crippen LogP contribution in [-0.2, 0) is 10.0 Å². The third-order valence-corrected chi connectivity index (χ3v) is 6.76. The quantitative estimate of drug-likeness (QED) is 0.865. The molecular formula is C16H25ClFN3O2S. The van der Waals surface area contributed by atoms with Gasteiger partial charge in [-0.2, -0.15) is 4.31 Å². The Balaban J connectivity index is 0.00000208. The third kappa shape index (κ3) is 4.26. The van der Waals surface area contributed by atoms with E-state index in [1.165, 1.54) is 35.0 Å². The Morgan fingerprint density at radius 1 is 1.17 bits per heavy atom. The van der Waals surface area contributed by atoms with Crippen LogP contribution in [0.3, 0.4) is 0 Å². The summed E-state index contributed by atoms with van der Waals surface area (Å²) in [6, 6.07) is 5.05. The summed E-state index contributed by atoms with van der Waals surface area (Å²) >= 11 is 0. The lowest BCUT2D eigenvalue weighted by Crippen LogP contribution is -2.51. The van der Waals surface area contributed by atoms with Gasteiger partial charge < -0.3 is 10.2 Å². The van der Waals surface area contributed by atoms with Crippen molar-refractivity contribution in [3.8, 4) is 0 Å². The number of halogens is 2. The van der Waals surface area contributed by atoms with Crippen LogP contribution < -0.4 is 5.32 Å². The second-order valence-corrected chi connectivity index (χ2v) is 8.81. The lowest BCUT2D eigenvalue weighted by Gasteiger charge is -2.38. The van der Waals surface area contributed by atoms with E-state index >= 15 is 0 Å². The van der Waals surface area contributed by atoms with Crippen molar-refractivity contribution in [2.24, 2.45) is 5.41 Å². The second kappa shape index (κ2) is 7.66. The fraction of sp³-hybridized carbons (Fsp3) is 0.625. The Morgan fingerprint density at radius 3 is 2.33 bits per heavy atom. The van der Waals surface area contributed by atoms with Gasteiger partial charge in [-0.25, -0.2) is 12.8 Å². The molecule has 1 aromatic rings. The van der Waals surface area contributed by atoms with Gasteiger partial charge in [-0.3, -0.25) is 0 Å². The minimum atomic E-state index is -3.52. The Bertz CT molecular complexity index is 640. The van der Waals surface area contributed by atoms with Crippen molar-refractivity contribution in [1.82, 2.24) is 14.5 Å². The second-order valence-electron chi connectivity index (χ2n) is 6.87. The molecule has 2 aliphatic rings. The Labute approximate surface area is 149 Å². The molecule has 5 nitrogen and oxygen atoms in total. The normalized spacial score (nSPS) is 26.2. The van der Waals surface area contributed by atoms with Gasteiger partial charge in [0.1, 0.15) is 5.82 Å². The lowest BCUT2D eigenvalue weighted by atomic mass is 9.89. The SMILES string of the molecule is CC1(CN2CCN(S(=O)(=O)c3ccc(F)cc3)CC2)CCNC1.Cl. The highest BCUT2D eigenvalue weighted by Crippen LogP contribution is 2.26. The van der Waals surface area contributed by atoms with Gasteiger partial charge in [-0.05, 0) is 42.6 Å². The summed E-state index contributed by atoms with van der Waals surface area (Å²) in [5.41, 5.74) is 0.290. The zero-order valence-electron chi connectivity index (χ0n) is 13.9. The molecule has 2 fully saturated rings. The minimum absolute atomic E-state index is 0. The number of nitrogens with one attached hydrogen (secondary N) is 1. The fourth-order valence-corrected chi connectivity index (χ4v) is 4.85. The first-order valence-corrected chi connectivity index (χ1v) is 9.52. The fourth-order valence-electron chi connectivity index (χ4n) is 3.43. The van der Waals surface area contributed by atoms with E-state index in [9.17, 15) is 12.8 Å². The van der Waals surface area contributed by atoms with E-state index in [1.54, 1.807) is 0 Å². The maximum Gasteiger partial charge on any atom is 0.243 e. The van der Waals surface area contributed by atoms with Crippen LogP contribution in [-0.4, -0.2) is 63.4 Å². The highest BCUT2D eigenvalue weighted by molar-refractivity contribution is 7.89. The molecule has 24 heavy (non-hydrogen) atoms. The van der Waals surface area contributed by atoms with E-state index in [-0.39, 0.29) is 22.7 Å². The van der Waals surface area contributed by atoms with Crippen LogP contribution in [0.1, 0.15) is 13.3 Å². The summed E-state index contributed by atoms with van der Waals surface area (Å²) < 4.78 is 39.7. The van der Waals surface area contributed by atoms with Crippen LogP contribution >= 0.6 is 12.4 Å². The molecule has 136 valence electrons. The first-order chi connectivity index (χ1) is 10.9. The van der Waals surface area contributed by atoms with Gasteiger partial charge in [0.05, 0.1) is 4.90 Å². The molecule has 0 aromatic heterocycles. The molecule has 0 spiro atoms. The summed E-state index contributed by atoms with van der Waals surface area (Å²) in [5.74, 6) is -0.424. The lowest BCUT2D eigenvalue weighted by molar-refractivity contribution is 0.132. The van der Waals surface area contributed by atoms with Crippen molar-refractivity contribution in [3.63, 3.8) is 0 Å². The van der Waals surface area contributed by atoms with Crippen molar-refractivity contribution >= 4 is 22.4 Å². The first-order valence-electron chi connectivity index (χ1n) is 8.08.